The number of nitrogen functional groups attached to an aromatic ring is 1. The van der Waals surface area contributed by atoms with Gasteiger partial charge in [0.25, 0.3) is 0 Å². The number of rotatable bonds is 3. The molecule has 0 saturated carbocycles. The Morgan fingerprint density at radius 2 is 1.89 bits per heavy atom. The monoisotopic (exact) mass is 276 g/mol. The summed E-state index contributed by atoms with van der Waals surface area (Å²) in [5.41, 5.74) is 4.36. The van der Waals surface area contributed by atoms with Gasteiger partial charge < -0.3 is 10.8 Å². The van der Waals surface area contributed by atoms with Gasteiger partial charge in [0.05, 0.1) is 11.7 Å². The summed E-state index contributed by atoms with van der Waals surface area (Å²) in [5.74, 6) is -0.570. The molecule has 108 valence electrons. The number of aliphatic hydroxyl groups is 1. The number of hydrogen-bond donors (Lipinski definition) is 2. The van der Waals surface area contributed by atoms with Gasteiger partial charge in [0.15, 0.2) is 0 Å². The summed E-state index contributed by atoms with van der Waals surface area (Å²) >= 11 is 0. The van der Waals surface area contributed by atoms with E-state index in [4.69, 9.17) is 5.73 Å². The van der Waals surface area contributed by atoms with Crippen LogP contribution in [0.15, 0.2) is 12.3 Å². The Kier molecular flexibility index (Phi) is 4.45. The predicted molar refractivity (Wildman–Crippen MR) is 67.3 cm³/mol. The Balaban J connectivity index is 2.90. The van der Waals surface area contributed by atoms with E-state index in [9.17, 15) is 18.3 Å². The molecule has 3 N–H and O–H groups in total. The smallest absolute Gasteiger partial charge is 0.388 e. The molecule has 0 radical (unpaired) electrons. The average molecular weight is 276 g/mol. The van der Waals surface area contributed by atoms with Crippen LogP contribution in [0.4, 0.5) is 19.0 Å². The van der Waals surface area contributed by atoms with Crippen molar-refractivity contribution < 1.29 is 18.3 Å². The summed E-state index contributed by atoms with van der Waals surface area (Å²) in [6.45, 7) is 6.01. The number of hydrogen-bond acceptors (Lipinski definition) is 3. The van der Waals surface area contributed by atoms with Crippen molar-refractivity contribution in [3.8, 4) is 0 Å². The molecule has 0 aliphatic rings. The lowest BCUT2D eigenvalue weighted by atomic mass is 9.88. The van der Waals surface area contributed by atoms with Crippen LogP contribution in [0.2, 0.25) is 0 Å². The van der Waals surface area contributed by atoms with Crippen LogP contribution in [-0.2, 0) is 6.18 Å². The highest BCUT2D eigenvalue weighted by molar-refractivity contribution is 5.43. The molecule has 0 spiro atoms. The molecule has 1 rings (SSSR count). The van der Waals surface area contributed by atoms with E-state index in [-0.39, 0.29) is 11.0 Å². The van der Waals surface area contributed by atoms with Crippen molar-refractivity contribution in [2.24, 2.45) is 5.41 Å². The number of aliphatic hydroxyl groups excluding tert-OH is 1. The number of pyridine rings is 1. The molecule has 1 atom stereocenters. The van der Waals surface area contributed by atoms with Gasteiger partial charge >= 0.3 is 6.18 Å². The highest BCUT2D eigenvalue weighted by atomic mass is 19.4. The molecule has 1 heterocycles. The first-order chi connectivity index (χ1) is 8.50. The Morgan fingerprint density at radius 1 is 1.32 bits per heavy atom. The molecule has 0 bridgehead atoms. The summed E-state index contributed by atoms with van der Waals surface area (Å²) in [4.78, 5) is 3.51. The molecule has 1 aromatic heterocycles. The van der Waals surface area contributed by atoms with Crippen molar-refractivity contribution in [2.75, 3.05) is 5.73 Å². The van der Waals surface area contributed by atoms with E-state index in [0.717, 1.165) is 6.07 Å². The quantitative estimate of drug-likeness (QED) is 0.887. The van der Waals surface area contributed by atoms with Crippen molar-refractivity contribution in [1.82, 2.24) is 4.98 Å². The van der Waals surface area contributed by atoms with Gasteiger partial charge in [-0.1, -0.05) is 20.8 Å². The van der Waals surface area contributed by atoms with Crippen LogP contribution in [0.1, 0.15) is 50.8 Å². The van der Waals surface area contributed by atoms with Crippen molar-refractivity contribution in [1.29, 1.82) is 0 Å². The zero-order valence-corrected chi connectivity index (χ0v) is 11.3. The standard InChI is InChI=1S/C13H19F3N2O/c1-12(2,3)5-4-10(19)8-6-9(13(14,15)16)11(17)18-7-8/h6-7,10,19H,4-5H2,1-3H3,(H2,17,18)/t10-/m0/s1. The van der Waals surface area contributed by atoms with Gasteiger partial charge in [-0.2, -0.15) is 13.2 Å². The summed E-state index contributed by atoms with van der Waals surface area (Å²) in [6.07, 6.45) is -3.26. The Morgan fingerprint density at radius 3 is 2.37 bits per heavy atom. The third kappa shape index (κ3) is 4.70. The van der Waals surface area contributed by atoms with E-state index in [2.05, 4.69) is 4.98 Å². The maximum atomic E-state index is 12.7. The van der Waals surface area contributed by atoms with Gasteiger partial charge in [-0.15, -0.1) is 0 Å². The summed E-state index contributed by atoms with van der Waals surface area (Å²) in [5, 5.41) is 9.92. The maximum Gasteiger partial charge on any atom is 0.419 e. The van der Waals surface area contributed by atoms with Crippen LogP contribution < -0.4 is 5.73 Å². The summed E-state index contributed by atoms with van der Waals surface area (Å²) < 4.78 is 38.0. The predicted octanol–water partition coefficient (Wildman–Crippen LogP) is 3.54. The first kappa shape index (κ1) is 15.8. The van der Waals surface area contributed by atoms with E-state index in [1.807, 2.05) is 20.8 Å². The number of anilines is 1. The van der Waals surface area contributed by atoms with Gasteiger partial charge in [-0.25, -0.2) is 4.98 Å². The molecule has 0 amide bonds. The molecule has 0 unspecified atom stereocenters. The maximum absolute atomic E-state index is 12.7. The highest BCUT2D eigenvalue weighted by Crippen LogP contribution is 2.35. The average Bonchev–Trinajstić information content (AvgIpc) is 2.24. The number of nitrogens with two attached hydrogens (primary N) is 1. The minimum Gasteiger partial charge on any atom is -0.388 e. The second-order valence-corrected chi connectivity index (χ2v) is 5.81. The lowest BCUT2D eigenvalue weighted by Gasteiger charge is -2.21. The largest absolute Gasteiger partial charge is 0.419 e. The van der Waals surface area contributed by atoms with Crippen LogP contribution >= 0.6 is 0 Å². The van der Waals surface area contributed by atoms with Gasteiger partial charge in [-0.05, 0) is 29.9 Å². The molecule has 6 heteroatoms. The van der Waals surface area contributed by atoms with E-state index >= 15 is 0 Å². The molecule has 3 nitrogen and oxygen atoms in total. The van der Waals surface area contributed by atoms with Crippen molar-refractivity contribution in [2.45, 2.75) is 45.9 Å². The Labute approximate surface area is 110 Å². The topological polar surface area (TPSA) is 59.1 Å². The molecule has 0 aliphatic heterocycles. The zero-order chi connectivity index (χ0) is 14.8. The lowest BCUT2D eigenvalue weighted by molar-refractivity contribution is -0.137. The van der Waals surface area contributed by atoms with Crippen LogP contribution in [0.5, 0.6) is 0 Å². The molecule has 19 heavy (non-hydrogen) atoms. The fourth-order valence-corrected chi connectivity index (χ4v) is 1.64. The molecule has 0 saturated heterocycles. The van der Waals surface area contributed by atoms with Crippen LogP contribution in [0.3, 0.4) is 0 Å². The normalized spacial score (nSPS) is 14.5. The molecule has 0 aliphatic carbocycles. The molecule has 0 fully saturated rings. The summed E-state index contributed by atoms with van der Waals surface area (Å²) in [7, 11) is 0. The Bertz CT molecular complexity index is 438. The van der Waals surface area contributed by atoms with Crippen molar-refractivity contribution in [3.05, 3.63) is 23.4 Å². The molecular weight excluding hydrogens is 257 g/mol. The van der Waals surface area contributed by atoms with E-state index in [1.54, 1.807) is 0 Å². The van der Waals surface area contributed by atoms with Gasteiger partial charge in [-0.3, -0.25) is 0 Å². The highest BCUT2D eigenvalue weighted by Gasteiger charge is 2.34. The van der Waals surface area contributed by atoms with E-state index in [1.165, 1.54) is 6.20 Å². The third-order valence-corrected chi connectivity index (χ3v) is 2.80. The van der Waals surface area contributed by atoms with Crippen LogP contribution in [0, 0.1) is 5.41 Å². The SMILES string of the molecule is CC(C)(C)CC[C@H](O)c1cnc(N)c(C(F)(F)F)c1. The second kappa shape index (κ2) is 5.36. The number of halogens is 3. The zero-order valence-electron chi connectivity index (χ0n) is 11.3. The van der Waals surface area contributed by atoms with E-state index < -0.39 is 23.7 Å². The third-order valence-electron chi connectivity index (χ3n) is 2.80. The van der Waals surface area contributed by atoms with Crippen LogP contribution in [0.25, 0.3) is 0 Å². The second-order valence-electron chi connectivity index (χ2n) is 5.81. The van der Waals surface area contributed by atoms with Gasteiger partial charge in [0.1, 0.15) is 5.82 Å². The fourth-order valence-electron chi connectivity index (χ4n) is 1.64. The molecule has 0 aromatic carbocycles. The van der Waals surface area contributed by atoms with Crippen LogP contribution in [-0.4, -0.2) is 10.1 Å². The molecular formula is C13H19F3N2O. The fraction of sp³-hybridized carbons (Fsp3) is 0.615. The number of aromatic nitrogens is 1. The van der Waals surface area contributed by atoms with Gasteiger partial charge in [0, 0.05) is 6.20 Å². The van der Waals surface area contributed by atoms with Crippen molar-refractivity contribution in [3.63, 3.8) is 0 Å². The minimum atomic E-state index is -4.56. The minimum absolute atomic E-state index is 0.00900. The number of alkyl halides is 3. The summed E-state index contributed by atoms with van der Waals surface area (Å²) in [6, 6.07) is 0.871. The first-order valence-electron chi connectivity index (χ1n) is 6.01. The van der Waals surface area contributed by atoms with Gasteiger partial charge in [0.2, 0.25) is 0 Å². The Hall–Kier alpha value is -1.30. The van der Waals surface area contributed by atoms with E-state index in [0.29, 0.717) is 12.8 Å². The van der Waals surface area contributed by atoms with Crippen molar-refractivity contribution >= 4 is 5.82 Å². The lowest BCUT2D eigenvalue weighted by Crippen LogP contribution is -2.13. The number of nitrogens with zero attached hydrogens (tertiary/aromatic N) is 1. The first-order valence-corrected chi connectivity index (χ1v) is 6.01. The molecule has 1 aromatic rings.